The van der Waals surface area contributed by atoms with E-state index in [-0.39, 0.29) is 0 Å². The molecule has 8 nitrogen and oxygen atoms in total. The highest BCUT2D eigenvalue weighted by Gasteiger charge is 2.17. The third-order valence-electron chi connectivity index (χ3n) is 5.77. The van der Waals surface area contributed by atoms with Gasteiger partial charge in [0.2, 0.25) is 5.75 Å². The summed E-state index contributed by atoms with van der Waals surface area (Å²) >= 11 is 6.37. The number of methoxy groups -OCH3 is 3. The van der Waals surface area contributed by atoms with E-state index in [1.807, 2.05) is 60.3 Å². The number of ether oxygens (including phenoxy) is 3. The zero-order valence-electron chi connectivity index (χ0n) is 21.1. The minimum Gasteiger partial charge on any atom is -0.493 e. The molecule has 2 heterocycles. The van der Waals surface area contributed by atoms with Gasteiger partial charge in [0, 0.05) is 18.6 Å². The van der Waals surface area contributed by atoms with Gasteiger partial charge in [-0.2, -0.15) is 5.10 Å². The summed E-state index contributed by atoms with van der Waals surface area (Å²) in [7, 11) is 6.68. The summed E-state index contributed by atoms with van der Waals surface area (Å²) in [6, 6.07) is 11.5. The van der Waals surface area contributed by atoms with Crippen LogP contribution in [0.25, 0.3) is 23.2 Å². The summed E-state index contributed by atoms with van der Waals surface area (Å²) in [5.74, 6) is 2.95. The van der Waals surface area contributed by atoms with Gasteiger partial charge in [-0.15, -0.1) is 0 Å². The highest BCUT2D eigenvalue weighted by atomic mass is 35.5. The highest BCUT2D eigenvalue weighted by molar-refractivity contribution is 6.31. The first kappa shape index (κ1) is 25.3. The van der Waals surface area contributed by atoms with E-state index in [1.165, 1.54) is 0 Å². The Hall–Kier alpha value is -3.78. The number of aryl methyl sites for hydroxylation is 2. The van der Waals surface area contributed by atoms with E-state index >= 15 is 0 Å². The van der Waals surface area contributed by atoms with E-state index in [4.69, 9.17) is 40.9 Å². The minimum absolute atomic E-state index is 0.524. The molecular weight excluding hydrogens is 478 g/mol. The lowest BCUT2D eigenvalue weighted by Crippen LogP contribution is -2.06. The second kappa shape index (κ2) is 11.3. The summed E-state index contributed by atoms with van der Waals surface area (Å²) in [6.07, 6.45) is 5.58. The molecule has 0 saturated heterocycles. The summed E-state index contributed by atoms with van der Waals surface area (Å²) in [6.45, 7) is 2.65. The molecule has 0 aliphatic rings. The monoisotopic (exact) mass is 507 g/mol. The Labute approximate surface area is 215 Å². The zero-order chi connectivity index (χ0) is 25.7. The lowest BCUT2D eigenvalue weighted by atomic mass is 10.1. The van der Waals surface area contributed by atoms with Crippen LogP contribution in [0.3, 0.4) is 0 Å². The fraction of sp³-hybridized carbons (Fsp3) is 0.296. The molecule has 4 aromatic rings. The summed E-state index contributed by atoms with van der Waals surface area (Å²) in [4.78, 5) is 9.66. The molecule has 2 aromatic heterocycles. The first-order valence-electron chi connectivity index (χ1n) is 11.7. The quantitative estimate of drug-likeness (QED) is 0.291. The van der Waals surface area contributed by atoms with Crippen LogP contribution in [0.5, 0.6) is 17.2 Å². The van der Waals surface area contributed by atoms with Gasteiger partial charge >= 0.3 is 0 Å². The van der Waals surface area contributed by atoms with Gasteiger partial charge in [0.1, 0.15) is 11.0 Å². The van der Waals surface area contributed by atoms with Gasteiger partial charge < -0.3 is 19.5 Å². The number of fused-ring (bicyclic) bond motifs is 1. The van der Waals surface area contributed by atoms with Crippen LogP contribution in [0.4, 0.5) is 5.82 Å². The largest absolute Gasteiger partial charge is 0.493 e. The molecule has 0 aliphatic carbocycles. The first-order chi connectivity index (χ1) is 17.5. The molecule has 2 aromatic carbocycles. The average molecular weight is 508 g/mol. The second-order valence-corrected chi connectivity index (χ2v) is 8.59. The maximum absolute atomic E-state index is 6.37. The van der Waals surface area contributed by atoms with Crippen molar-refractivity contribution >= 4 is 40.6 Å². The smallest absolute Gasteiger partial charge is 0.203 e. The van der Waals surface area contributed by atoms with E-state index in [2.05, 4.69) is 12.2 Å². The summed E-state index contributed by atoms with van der Waals surface area (Å²) in [5.41, 5.74) is 4.48. The molecule has 0 amide bonds. The third-order valence-corrected chi connectivity index (χ3v) is 6.14. The van der Waals surface area contributed by atoms with Crippen molar-refractivity contribution in [1.29, 1.82) is 0 Å². The Morgan fingerprint density at radius 3 is 2.36 bits per heavy atom. The van der Waals surface area contributed by atoms with Crippen molar-refractivity contribution < 1.29 is 14.2 Å². The third kappa shape index (κ3) is 5.23. The molecule has 0 unspecified atom stereocenters. The van der Waals surface area contributed by atoms with Gasteiger partial charge in [-0.25, -0.2) is 9.97 Å². The highest BCUT2D eigenvalue weighted by Crippen LogP contribution is 2.38. The Balaban J connectivity index is 1.75. The molecule has 0 aliphatic heterocycles. The first-order valence-corrected chi connectivity index (χ1v) is 12.1. The molecule has 188 valence electrons. The maximum Gasteiger partial charge on any atom is 0.203 e. The van der Waals surface area contributed by atoms with Crippen molar-refractivity contribution in [2.45, 2.75) is 26.3 Å². The number of rotatable bonds is 10. The Morgan fingerprint density at radius 2 is 1.72 bits per heavy atom. The van der Waals surface area contributed by atoms with E-state index in [0.717, 1.165) is 40.7 Å². The van der Waals surface area contributed by atoms with E-state index < -0.39 is 0 Å². The van der Waals surface area contributed by atoms with Gasteiger partial charge in [-0.05, 0) is 41.8 Å². The molecule has 0 saturated carbocycles. The van der Waals surface area contributed by atoms with Crippen molar-refractivity contribution in [2.24, 2.45) is 7.05 Å². The van der Waals surface area contributed by atoms with Gasteiger partial charge in [0.05, 0.1) is 27.0 Å². The number of hydrogen-bond donors (Lipinski definition) is 1. The van der Waals surface area contributed by atoms with Crippen molar-refractivity contribution in [3.8, 4) is 17.2 Å². The van der Waals surface area contributed by atoms with Gasteiger partial charge in [-0.1, -0.05) is 49.2 Å². The van der Waals surface area contributed by atoms with Gasteiger partial charge in [0.25, 0.3) is 0 Å². The molecule has 4 rings (SSSR count). The average Bonchev–Trinajstić information content (AvgIpc) is 3.21. The lowest BCUT2D eigenvalue weighted by Gasteiger charge is -2.13. The van der Waals surface area contributed by atoms with Gasteiger partial charge in [-0.3, -0.25) is 4.68 Å². The number of aromatic nitrogens is 4. The van der Waals surface area contributed by atoms with Crippen LogP contribution in [0.2, 0.25) is 5.02 Å². The van der Waals surface area contributed by atoms with Crippen LogP contribution >= 0.6 is 11.6 Å². The number of nitrogens with zero attached hydrogens (tertiary/aromatic N) is 4. The van der Waals surface area contributed by atoms with Crippen LogP contribution in [-0.4, -0.2) is 41.1 Å². The minimum atomic E-state index is 0.524. The molecule has 0 spiro atoms. The van der Waals surface area contributed by atoms with Crippen LogP contribution in [-0.2, 0) is 20.0 Å². The predicted molar refractivity (Wildman–Crippen MR) is 144 cm³/mol. The van der Waals surface area contributed by atoms with Crippen LogP contribution in [0.15, 0.2) is 36.4 Å². The Bertz CT molecular complexity index is 1370. The molecule has 0 radical (unpaired) electrons. The SMILES string of the molecule is CCCc1nn(C)c2c(NCc3ccccc3Cl)nc(/C=C/c3cc(OC)c(OC)c(OC)c3)nc12. The molecule has 0 bridgehead atoms. The van der Waals surface area contributed by atoms with Crippen molar-refractivity contribution in [3.63, 3.8) is 0 Å². The Kier molecular flexibility index (Phi) is 7.95. The Morgan fingerprint density at radius 1 is 1.00 bits per heavy atom. The van der Waals surface area contributed by atoms with Crippen molar-refractivity contribution in [1.82, 2.24) is 19.7 Å². The number of benzene rings is 2. The number of hydrogen-bond acceptors (Lipinski definition) is 7. The molecule has 1 N–H and O–H groups in total. The van der Waals surface area contributed by atoms with Crippen LogP contribution in [0.1, 0.15) is 36.0 Å². The fourth-order valence-corrected chi connectivity index (χ4v) is 4.25. The zero-order valence-corrected chi connectivity index (χ0v) is 21.9. The molecule has 0 atom stereocenters. The standard InChI is InChI=1S/C27H30ClN5O3/c1-6-9-20-24-25(33(2)32-20)27(29-16-18-10-7-8-11-19(18)28)31-23(30-24)13-12-17-14-21(34-3)26(36-5)22(15-17)35-4/h7-8,10-15H,6,9,16H2,1-5H3,(H,29,30,31)/b13-12+. The summed E-state index contributed by atoms with van der Waals surface area (Å²) < 4.78 is 18.2. The molecule has 36 heavy (non-hydrogen) atoms. The molecule has 0 fully saturated rings. The van der Waals surface area contributed by atoms with Gasteiger partial charge in [0.15, 0.2) is 23.1 Å². The maximum atomic E-state index is 6.37. The molecule has 9 heteroatoms. The summed E-state index contributed by atoms with van der Waals surface area (Å²) in [5, 5.41) is 8.86. The van der Waals surface area contributed by atoms with Crippen molar-refractivity contribution in [3.05, 3.63) is 64.1 Å². The fourth-order valence-electron chi connectivity index (χ4n) is 4.05. The van der Waals surface area contributed by atoms with Crippen LogP contribution in [0, 0.1) is 0 Å². The number of anilines is 1. The molecular formula is C27H30ClN5O3. The normalized spacial score (nSPS) is 11.3. The van der Waals surface area contributed by atoms with E-state index in [9.17, 15) is 0 Å². The van der Waals surface area contributed by atoms with E-state index in [0.29, 0.717) is 40.5 Å². The van der Waals surface area contributed by atoms with Crippen LogP contribution < -0.4 is 19.5 Å². The van der Waals surface area contributed by atoms with E-state index in [1.54, 1.807) is 21.3 Å². The van der Waals surface area contributed by atoms with Crippen molar-refractivity contribution in [2.75, 3.05) is 26.6 Å². The second-order valence-electron chi connectivity index (χ2n) is 8.18. The topological polar surface area (TPSA) is 83.3 Å². The number of halogens is 1. The lowest BCUT2D eigenvalue weighted by molar-refractivity contribution is 0.324. The predicted octanol–water partition coefficient (Wildman–Crippen LogP) is 5.78. The number of nitrogens with one attached hydrogen (secondary N) is 1.